The molecule has 3 aliphatic carbocycles. The van der Waals surface area contributed by atoms with Crippen molar-refractivity contribution in [1.29, 1.82) is 0 Å². The number of benzene rings is 1. The van der Waals surface area contributed by atoms with Gasteiger partial charge in [-0.25, -0.2) is 10.8 Å². The number of nitrogens with one attached hydrogen (secondary N) is 2. The number of rotatable bonds is 4. The number of nitrogens with zero attached hydrogens (tertiary/aromatic N) is 2. The molecule has 3 heterocycles. The van der Waals surface area contributed by atoms with Crippen molar-refractivity contribution < 1.29 is 14.3 Å². The maximum Gasteiger partial charge on any atom is 0.240 e. The zero-order chi connectivity index (χ0) is 22.6. The summed E-state index contributed by atoms with van der Waals surface area (Å²) in [6.07, 6.45) is 5.22. The molecule has 4 aliphatic rings. The zero-order valence-electron chi connectivity index (χ0n) is 18.6. The standard InChI is InChI=1S/C25H27N5O3/c1-15-3-2-4-17(27-15)21-20(16-5-6-18-19(13-16)33-14-32-18)28-22(29-21)24-7-10-25(11-8-24,12-9-24)23(31)30-26/h2-6,13H,7-12,14,26H2,1H3,(H,28,29)(H,30,31). The summed E-state index contributed by atoms with van der Waals surface area (Å²) in [5, 5.41) is 0. The van der Waals surface area contributed by atoms with Gasteiger partial charge in [-0.2, -0.15) is 0 Å². The minimum absolute atomic E-state index is 0.0269. The number of aromatic nitrogens is 3. The number of imidazole rings is 1. The molecule has 3 aromatic rings. The summed E-state index contributed by atoms with van der Waals surface area (Å²) in [7, 11) is 0. The van der Waals surface area contributed by atoms with Gasteiger partial charge in [0.15, 0.2) is 11.5 Å². The van der Waals surface area contributed by atoms with Gasteiger partial charge in [-0.1, -0.05) is 6.07 Å². The van der Waals surface area contributed by atoms with Crippen LogP contribution in [0.5, 0.6) is 11.5 Å². The van der Waals surface area contributed by atoms with Crippen molar-refractivity contribution in [1.82, 2.24) is 20.4 Å². The highest BCUT2D eigenvalue weighted by Crippen LogP contribution is 2.57. The number of nitrogens with two attached hydrogens (primary N) is 1. The lowest BCUT2D eigenvalue weighted by molar-refractivity contribution is -0.138. The van der Waals surface area contributed by atoms with E-state index in [9.17, 15) is 4.79 Å². The number of carbonyl (C=O) groups excluding carboxylic acids is 1. The number of H-pyrrole nitrogens is 1. The molecule has 3 fully saturated rings. The molecule has 0 spiro atoms. The SMILES string of the molecule is Cc1cccc(-c2[nH]c(C34CCC(C(=O)NN)(CC3)CC4)nc2-c2ccc3c(c2)OCO3)n1. The van der Waals surface area contributed by atoms with Crippen LogP contribution in [0.1, 0.15) is 50.0 Å². The predicted molar refractivity (Wildman–Crippen MR) is 122 cm³/mol. The quantitative estimate of drug-likeness (QED) is 0.320. The summed E-state index contributed by atoms with van der Waals surface area (Å²) in [5.74, 6) is 7.91. The summed E-state index contributed by atoms with van der Waals surface area (Å²) in [6, 6.07) is 11.9. The van der Waals surface area contributed by atoms with Crippen LogP contribution in [0.4, 0.5) is 0 Å². The molecule has 33 heavy (non-hydrogen) atoms. The molecule has 7 rings (SSSR count). The largest absolute Gasteiger partial charge is 0.454 e. The Morgan fingerprint density at radius 3 is 2.52 bits per heavy atom. The maximum atomic E-state index is 12.4. The second kappa shape index (κ2) is 7.31. The molecule has 4 N–H and O–H groups in total. The number of hydrogen-bond donors (Lipinski definition) is 3. The molecule has 170 valence electrons. The maximum absolute atomic E-state index is 12.4. The molecule has 0 saturated heterocycles. The molecule has 1 amide bonds. The van der Waals surface area contributed by atoms with Crippen molar-refractivity contribution in [2.24, 2.45) is 11.3 Å². The van der Waals surface area contributed by atoms with Crippen molar-refractivity contribution in [3.63, 3.8) is 0 Å². The summed E-state index contributed by atoms with van der Waals surface area (Å²) >= 11 is 0. The van der Waals surface area contributed by atoms with Crippen molar-refractivity contribution in [2.75, 3.05) is 6.79 Å². The molecular weight excluding hydrogens is 418 g/mol. The fourth-order valence-corrected chi connectivity index (χ4v) is 5.78. The third kappa shape index (κ3) is 3.12. The number of hydrogen-bond acceptors (Lipinski definition) is 6. The second-order valence-electron chi connectivity index (χ2n) is 9.58. The number of aryl methyl sites for hydroxylation is 1. The van der Waals surface area contributed by atoms with Crippen LogP contribution in [-0.4, -0.2) is 27.7 Å². The number of pyridine rings is 1. The van der Waals surface area contributed by atoms with E-state index < -0.39 is 0 Å². The summed E-state index contributed by atoms with van der Waals surface area (Å²) in [6.45, 7) is 2.22. The molecule has 3 saturated carbocycles. The highest BCUT2D eigenvalue weighted by atomic mass is 16.7. The highest BCUT2D eigenvalue weighted by Gasteiger charge is 2.54. The fraction of sp³-hybridized carbons (Fsp3) is 0.400. The van der Waals surface area contributed by atoms with E-state index in [2.05, 4.69) is 10.4 Å². The predicted octanol–water partition coefficient (Wildman–Crippen LogP) is 3.76. The van der Waals surface area contributed by atoms with E-state index in [1.54, 1.807) is 0 Å². The molecule has 2 aromatic heterocycles. The Bertz CT molecular complexity index is 1230. The lowest BCUT2D eigenvalue weighted by Gasteiger charge is -2.51. The van der Waals surface area contributed by atoms with Crippen LogP contribution in [0.2, 0.25) is 0 Å². The highest BCUT2D eigenvalue weighted by molar-refractivity contribution is 5.83. The van der Waals surface area contributed by atoms with Gasteiger partial charge < -0.3 is 14.5 Å². The molecule has 1 aromatic carbocycles. The van der Waals surface area contributed by atoms with Crippen LogP contribution in [0.15, 0.2) is 36.4 Å². The lowest BCUT2D eigenvalue weighted by atomic mass is 9.53. The Labute approximate surface area is 191 Å². The topological polar surface area (TPSA) is 115 Å². The summed E-state index contributed by atoms with van der Waals surface area (Å²) in [5.41, 5.74) is 6.53. The monoisotopic (exact) mass is 445 g/mol. The van der Waals surface area contributed by atoms with Gasteiger partial charge in [0.2, 0.25) is 12.7 Å². The van der Waals surface area contributed by atoms with Crippen molar-refractivity contribution in [3.8, 4) is 34.1 Å². The van der Waals surface area contributed by atoms with E-state index in [0.29, 0.717) is 0 Å². The number of amides is 1. The van der Waals surface area contributed by atoms with Gasteiger partial charge in [-0.3, -0.25) is 15.2 Å². The zero-order valence-corrected chi connectivity index (χ0v) is 18.6. The van der Waals surface area contributed by atoms with Crippen LogP contribution in [0.25, 0.3) is 22.6 Å². The normalized spacial score (nSPS) is 25.3. The molecule has 8 heteroatoms. The Morgan fingerprint density at radius 2 is 1.79 bits per heavy atom. The van der Waals surface area contributed by atoms with Crippen LogP contribution in [-0.2, 0) is 10.2 Å². The van der Waals surface area contributed by atoms with Gasteiger partial charge in [0, 0.05) is 16.7 Å². The molecule has 0 radical (unpaired) electrons. The molecular formula is C25H27N5O3. The van der Waals surface area contributed by atoms with Gasteiger partial charge in [-0.05, 0) is 75.8 Å². The van der Waals surface area contributed by atoms with E-state index >= 15 is 0 Å². The average molecular weight is 446 g/mol. The van der Waals surface area contributed by atoms with Crippen LogP contribution < -0.4 is 20.7 Å². The van der Waals surface area contributed by atoms with E-state index in [1.807, 2.05) is 43.3 Å². The summed E-state index contributed by atoms with van der Waals surface area (Å²) in [4.78, 5) is 26.1. The summed E-state index contributed by atoms with van der Waals surface area (Å²) < 4.78 is 11.1. The number of aromatic amines is 1. The van der Waals surface area contributed by atoms with Gasteiger partial charge >= 0.3 is 0 Å². The fourth-order valence-electron chi connectivity index (χ4n) is 5.78. The molecule has 0 atom stereocenters. The van der Waals surface area contributed by atoms with Crippen molar-refractivity contribution >= 4 is 5.91 Å². The Morgan fingerprint density at radius 1 is 1.03 bits per heavy atom. The first-order valence-electron chi connectivity index (χ1n) is 11.5. The molecule has 1 aliphatic heterocycles. The third-order valence-electron chi connectivity index (χ3n) is 7.86. The lowest BCUT2D eigenvalue weighted by Crippen LogP contribution is -2.53. The van der Waals surface area contributed by atoms with Crippen LogP contribution >= 0.6 is 0 Å². The van der Waals surface area contributed by atoms with E-state index in [-0.39, 0.29) is 23.5 Å². The first kappa shape index (κ1) is 20.2. The Hall–Kier alpha value is -3.39. The van der Waals surface area contributed by atoms with Crippen LogP contribution in [0.3, 0.4) is 0 Å². The van der Waals surface area contributed by atoms with Crippen LogP contribution in [0, 0.1) is 12.3 Å². The number of fused-ring (bicyclic) bond motifs is 4. The van der Waals surface area contributed by atoms with Gasteiger partial charge in [0.05, 0.1) is 22.5 Å². The number of hydrazine groups is 1. The van der Waals surface area contributed by atoms with Crippen molar-refractivity contribution in [2.45, 2.75) is 50.9 Å². The van der Waals surface area contributed by atoms with Crippen molar-refractivity contribution in [3.05, 3.63) is 47.9 Å². The number of carbonyl (C=O) groups is 1. The van der Waals surface area contributed by atoms with E-state index in [0.717, 1.165) is 84.2 Å². The first-order chi connectivity index (χ1) is 16.0. The van der Waals surface area contributed by atoms with E-state index in [4.69, 9.17) is 25.3 Å². The molecule has 0 unspecified atom stereocenters. The number of ether oxygens (including phenoxy) is 2. The van der Waals surface area contributed by atoms with Gasteiger partial charge in [-0.15, -0.1) is 0 Å². The minimum Gasteiger partial charge on any atom is -0.454 e. The first-order valence-corrected chi connectivity index (χ1v) is 11.5. The van der Waals surface area contributed by atoms with Gasteiger partial charge in [0.25, 0.3) is 0 Å². The Kier molecular flexibility index (Phi) is 4.48. The van der Waals surface area contributed by atoms with E-state index in [1.165, 1.54) is 0 Å². The molecule has 2 bridgehead atoms. The van der Waals surface area contributed by atoms with Gasteiger partial charge in [0.1, 0.15) is 5.82 Å². The minimum atomic E-state index is -0.329. The average Bonchev–Trinajstić information content (AvgIpc) is 3.52. The second-order valence-corrected chi connectivity index (χ2v) is 9.58. The molecule has 8 nitrogen and oxygen atoms in total. The third-order valence-corrected chi connectivity index (χ3v) is 7.86. The Balaban J connectivity index is 1.43. The smallest absolute Gasteiger partial charge is 0.240 e.